The molecule has 3 aromatic carbocycles. The van der Waals surface area contributed by atoms with E-state index in [0.717, 1.165) is 15.9 Å². The van der Waals surface area contributed by atoms with E-state index in [0.29, 0.717) is 0 Å². The Bertz CT molecular complexity index is 934. The Morgan fingerprint density at radius 3 is 1.16 bits per heavy atom. The van der Waals surface area contributed by atoms with Gasteiger partial charge in [-0.3, -0.25) is 0 Å². The predicted molar refractivity (Wildman–Crippen MR) is 125 cm³/mol. The molecule has 0 saturated carbocycles. The Morgan fingerprint density at radius 1 is 0.625 bits per heavy atom. The first-order valence-electron chi connectivity index (χ1n) is 10.0. The second-order valence-corrected chi connectivity index (χ2v) is 8.98. The molecular formula is C24H25N2O5P. The van der Waals surface area contributed by atoms with Crippen LogP contribution in [0.5, 0.6) is 0 Å². The molecule has 0 fully saturated rings. The van der Waals surface area contributed by atoms with Crippen molar-refractivity contribution in [2.24, 2.45) is 10.2 Å². The average molecular weight is 452 g/mol. The van der Waals surface area contributed by atoms with Crippen molar-refractivity contribution in [1.29, 1.82) is 0 Å². The SMILES string of the molecule is CCOC(=O)N=NC(=O)OCC.O=P(c1ccccc1)(c1ccccc1)c1ccccc1. The number of hydrogen-bond donors (Lipinski definition) is 0. The molecule has 0 unspecified atom stereocenters. The molecule has 0 spiro atoms. The maximum absolute atomic E-state index is 13.8. The molecule has 0 aliphatic carbocycles. The molecule has 0 aromatic heterocycles. The summed E-state index contributed by atoms with van der Waals surface area (Å²) >= 11 is 0. The van der Waals surface area contributed by atoms with Crippen molar-refractivity contribution in [3.8, 4) is 0 Å². The zero-order valence-corrected chi connectivity index (χ0v) is 18.9. The van der Waals surface area contributed by atoms with Gasteiger partial charge in [0.2, 0.25) is 0 Å². The van der Waals surface area contributed by atoms with Gasteiger partial charge in [-0.25, -0.2) is 9.59 Å². The number of carbonyl (C=O) groups excluding carboxylic acids is 2. The van der Waals surface area contributed by atoms with Crippen LogP contribution in [0, 0.1) is 0 Å². The monoisotopic (exact) mass is 452 g/mol. The molecular weight excluding hydrogens is 427 g/mol. The molecule has 2 amide bonds. The highest BCUT2D eigenvalue weighted by atomic mass is 31.2. The average Bonchev–Trinajstić information content (AvgIpc) is 2.85. The fourth-order valence-corrected chi connectivity index (χ4v) is 5.42. The number of nitrogens with zero attached hydrogens (tertiary/aromatic N) is 2. The molecule has 0 N–H and O–H groups in total. The Balaban J connectivity index is 0.000000262. The van der Waals surface area contributed by atoms with Crippen LogP contribution in [-0.4, -0.2) is 25.4 Å². The van der Waals surface area contributed by atoms with Gasteiger partial charge in [0.05, 0.1) is 13.2 Å². The Kier molecular flexibility index (Phi) is 10.0. The van der Waals surface area contributed by atoms with Gasteiger partial charge >= 0.3 is 12.2 Å². The second-order valence-electron chi connectivity index (χ2n) is 6.21. The number of ether oxygens (including phenoxy) is 2. The molecule has 166 valence electrons. The molecule has 0 aliphatic heterocycles. The number of amides is 2. The highest BCUT2D eigenvalue weighted by Gasteiger charge is 2.28. The maximum atomic E-state index is 13.8. The second kappa shape index (κ2) is 13.0. The van der Waals surface area contributed by atoms with E-state index in [4.69, 9.17) is 0 Å². The minimum absolute atomic E-state index is 0.195. The third-order valence-corrected chi connectivity index (χ3v) is 7.18. The first kappa shape index (κ1) is 24.7. The number of benzene rings is 3. The van der Waals surface area contributed by atoms with Gasteiger partial charge in [-0.2, -0.15) is 0 Å². The summed E-state index contributed by atoms with van der Waals surface area (Å²) < 4.78 is 22.5. The van der Waals surface area contributed by atoms with Crippen LogP contribution in [0.2, 0.25) is 0 Å². The molecule has 0 aliphatic rings. The van der Waals surface area contributed by atoms with Gasteiger partial charge in [0, 0.05) is 15.9 Å². The molecule has 32 heavy (non-hydrogen) atoms. The molecule has 0 bridgehead atoms. The summed E-state index contributed by atoms with van der Waals surface area (Å²) in [6.07, 6.45) is -1.80. The molecule has 7 nitrogen and oxygen atoms in total. The van der Waals surface area contributed by atoms with E-state index in [2.05, 4.69) is 19.7 Å². The lowest BCUT2D eigenvalue weighted by Gasteiger charge is -2.19. The van der Waals surface area contributed by atoms with Crippen LogP contribution in [0.3, 0.4) is 0 Å². The lowest BCUT2D eigenvalue weighted by Crippen LogP contribution is -2.24. The number of carbonyl (C=O) groups is 2. The molecule has 0 radical (unpaired) electrons. The number of azo groups is 1. The summed E-state index contributed by atoms with van der Waals surface area (Å²) in [7, 11) is -2.78. The molecule has 0 heterocycles. The molecule has 8 heteroatoms. The van der Waals surface area contributed by atoms with E-state index < -0.39 is 19.3 Å². The highest BCUT2D eigenvalue weighted by Crippen LogP contribution is 2.41. The highest BCUT2D eigenvalue weighted by molar-refractivity contribution is 7.85. The van der Waals surface area contributed by atoms with Crippen molar-refractivity contribution >= 4 is 35.2 Å². The van der Waals surface area contributed by atoms with E-state index in [-0.39, 0.29) is 13.2 Å². The van der Waals surface area contributed by atoms with Crippen LogP contribution in [0.4, 0.5) is 9.59 Å². The van der Waals surface area contributed by atoms with Crippen molar-refractivity contribution in [1.82, 2.24) is 0 Å². The van der Waals surface area contributed by atoms with Crippen LogP contribution >= 0.6 is 7.14 Å². The topological polar surface area (TPSA) is 94.4 Å². The van der Waals surface area contributed by atoms with Crippen LogP contribution < -0.4 is 15.9 Å². The third-order valence-electron chi connectivity index (χ3n) is 4.11. The van der Waals surface area contributed by atoms with Crippen molar-refractivity contribution in [2.45, 2.75) is 13.8 Å². The molecule has 0 saturated heterocycles. The van der Waals surface area contributed by atoms with Gasteiger partial charge in [0.1, 0.15) is 0 Å². The van der Waals surface area contributed by atoms with Crippen molar-refractivity contribution in [3.63, 3.8) is 0 Å². The van der Waals surface area contributed by atoms with Gasteiger partial charge in [-0.05, 0) is 13.8 Å². The first-order valence-corrected chi connectivity index (χ1v) is 11.7. The summed E-state index contributed by atoms with van der Waals surface area (Å²) in [5.74, 6) is 0. The van der Waals surface area contributed by atoms with E-state index in [9.17, 15) is 14.2 Å². The van der Waals surface area contributed by atoms with E-state index >= 15 is 0 Å². The number of rotatable bonds is 5. The lowest BCUT2D eigenvalue weighted by molar-refractivity contribution is 0.152. The zero-order valence-electron chi connectivity index (χ0n) is 18.0. The van der Waals surface area contributed by atoms with Gasteiger partial charge < -0.3 is 14.0 Å². The first-order chi connectivity index (χ1) is 15.5. The lowest BCUT2D eigenvalue weighted by atomic mass is 10.4. The van der Waals surface area contributed by atoms with Crippen molar-refractivity contribution < 1.29 is 23.6 Å². The van der Waals surface area contributed by atoms with E-state index in [1.807, 2.05) is 91.0 Å². The van der Waals surface area contributed by atoms with Crippen molar-refractivity contribution in [2.75, 3.05) is 13.2 Å². The fraction of sp³-hybridized carbons (Fsp3) is 0.167. The van der Waals surface area contributed by atoms with Crippen LogP contribution in [-0.2, 0) is 14.0 Å². The summed E-state index contributed by atoms with van der Waals surface area (Å²) in [5.41, 5.74) is 0. The Morgan fingerprint density at radius 2 is 0.906 bits per heavy atom. The standard InChI is InChI=1S/C18H15OP.C6H10N2O4/c19-20(16-10-4-1-5-11-16,17-12-6-2-7-13-17)18-14-8-3-9-15-18;1-3-11-5(9)7-8-6(10)12-4-2/h1-15H;3-4H2,1-2H3. The molecule has 3 rings (SSSR count). The van der Waals surface area contributed by atoms with Gasteiger partial charge in [0.15, 0.2) is 7.14 Å². The summed E-state index contributed by atoms with van der Waals surface area (Å²) in [6.45, 7) is 3.64. The van der Waals surface area contributed by atoms with Gasteiger partial charge in [0.25, 0.3) is 0 Å². The Labute approximate surface area is 187 Å². The molecule has 0 atom stereocenters. The van der Waals surface area contributed by atoms with E-state index in [1.54, 1.807) is 13.8 Å². The largest absolute Gasteiger partial charge is 0.452 e. The maximum Gasteiger partial charge on any atom is 0.452 e. The third kappa shape index (κ3) is 7.00. The van der Waals surface area contributed by atoms with E-state index in [1.165, 1.54) is 0 Å². The van der Waals surface area contributed by atoms with Gasteiger partial charge in [-0.1, -0.05) is 101 Å². The summed E-state index contributed by atoms with van der Waals surface area (Å²) in [4.78, 5) is 20.9. The minimum Gasteiger partial charge on any atom is -0.447 e. The zero-order chi connectivity index (χ0) is 23.2. The number of hydrogen-bond acceptors (Lipinski definition) is 5. The van der Waals surface area contributed by atoms with Crippen LogP contribution in [0.15, 0.2) is 101 Å². The molecule has 3 aromatic rings. The quantitative estimate of drug-likeness (QED) is 0.398. The van der Waals surface area contributed by atoms with Gasteiger partial charge in [-0.15, -0.1) is 0 Å². The summed E-state index contributed by atoms with van der Waals surface area (Å²) in [5, 5.41) is 8.46. The normalized spacial score (nSPS) is 10.7. The van der Waals surface area contributed by atoms with Crippen LogP contribution in [0.25, 0.3) is 0 Å². The fourth-order valence-electron chi connectivity index (χ4n) is 2.75. The minimum atomic E-state index is -2.78. The smallest absolute Gasteiger partial charge is 0.447 e. The Hall–Kier alpha value is -3.57. The van der Waals surface area contributed by atoms with Crippen molar-refractivity contribution in [3.05, 3.63) is 91.0 Å². The summed E-state index contributed by atoms with van der Waals surface area (Å²) in [6, 6.07) is 29.1. The van der Waals surface area contributed by atoms with Crippen LogP contribution in [0.1, 0.15) is 13.8 Å². The predicted octanol–water partition coefficient (Wildman–Crippen LogP) is 5.08.